The van der Waals surface area contributed by atoms with Crippen LogP contribution in [0.5, 0.6) is 0 Å². The minimum Gasteiger partial charge on any atom is -0.296 e. The van der Waals surface area contributed by atoms with Gasteiger partial charge >= 0.3 is 0 Å². The molecule has 0 aromatic heterocycles. The Morgan fingerprint density at radius 2 is 1.59 bits per heavy atom. The molecule has 4 rings (SSSR count). The molecular weight excluding hydrogens is 266 g/mol. The molecule has 112 valence electrons. The molecule has 1 heteroatoms. The van der Waals surface area contributed by atoms with Crippen LogP contribution in [0.25, 0.3) is 11.1 Å². The summed E-state index contributed by atoms with van der Waals surface area (Å²) < 4.78 is 0. The van der Waals surface area contributed by atoms with Crippen LogP contribution < -0.4 is 0 Å². The summed E-state index contributed by atoms with van der Waals surface area (Å²) in [7, 11) is 2.30. The van der Waals surface area contributed by atoms with Crippen molar-refractivity contribution in [1.82, 2.24) is 4.90 Å². The monoisotopic (exact) mass is 289 g/mol. The molecule has 0 aliphatic carbocycles. The Kier molecular flexibility index (Phi) is 3.38. The average molecular weight is 289 g/mol. The first-order valence-electron chi connectivity index (χ1n) is 8.31. The maximum Gasteiger partial charge on any atom is 0.0357 e. The van der Waals surface area contributed by atoms with Crippen molar-refractivity contribution in [2.75, 3.05) is 7.05 Å². The molecule has 1 fully saturated rings. The lowest BCUT2D eigenvalue weighted by Gasteiger charge is -2.36. The molecule has 1 nitrogen and oxygen atoms in total. The molecule has 0 radical (unpaired) electrons. The molecule has 2 aliphatic rings. The summed E-state index contributed by atoms with van der Waals surface area (Å²) >= 11 is 0. The zero-order valence-corrected chi connectivity index (χ0v) is 13.4. The lowest BCUT2D eigenvalue weighted by atomic mass is 9.85. The van der Waals surface area contributed by atoms with E-state index < -0.39 is 0 Å². The second-order valence-corrected chi connectivity index (χ2v) is 6.74. The van der Waals surface area contributed by atoms with Crippen LogP contribution in [0.1, 0.15) is 36.0 Å². The molecule has 0 unspecified atom stereocenters. The van der Waals surface area contributed by atoms with Crippen LogP contribution in [-0.4, -0.2) is 24.0 Å². The quantitative estimate of drug-likeness (QED) is 0.769. The van der Waals surface area contributed by atoms with Crippen LogP contribution in [0, 0.1) is 6.92 Å². The fourth-order valence-corrected chi connectivity index (χ4v) is 4.17. The number of hydrogen-bond acceptors (Lipinski definition) is 1. The molecule has 2 aromatic carbocycles. The highest BCUT2D eigenvalue weighted by Gasteiger charge is 2.39. The third-order valence-electron chi connectivity index (χ3n) is 5.42. The second kappa shape index (κ2) is 5.40. The van der Waals surface area contributed by atoms with Gasteiger partial charge in [0.15, 0.2) is 0 Å². The van der Waals surface area contributed by atoms with Crippen LogP contribution in [0.3, 0.4) is 0 Å². The van der Waals surface area contributed by atoms with E-state index in [0.29, 0.717) is 12.1 Å². The van der Waals surface area contributed by atoms with Crippen molar-refractivity contribution in [3.63, 3.8) is 0 Å². The highest BCUT2D eigenvalue weighted by Crippen LogP contribution is 2.46. The lowest BCUT2D eigenvalue weighted by molar-refractivity contribution is 0.271. The second-order valence-electron chi connectivity index (χ2n) is 6.74. The third kappa shape index (κ3) is 2.21. The zero-order valence-electron chi connectivity index (χ0n) is 13.4. The van der Waals surface area contributed by atoms with Gasteiger partial charge in [-0.1, -0.05) is 60.2 Å². The third-order valence-corrected chi connectivity index (χ3v) is 5.42. The van der Waals surface area contributed by atoms with E-state index in [1.165, 1.54) is 36.0 Å². The van der Waals surface area contributed by atoms with Gasteiger partial charge in [0.25, 0.3) is 0 Å². The number of hydrogen-bond donors (Lipinski definition) is 0. The van der Waals surface area contributed by atoms with E-state index in [1.54, 1.807) is 11.1 Å². The van der Waals surface area contributed by atoms with Crippen LogP contribution >= 0.6 is 0 Å². The molecule has 22 heavy (non-hydrogen) atoms. The lowest BCUT2D eigenvalue weighted by Crippen LogP contribution is -2.37. The van der Waals surface area contributed by atoms with Crippen LogP contribution in [0.2, 0.25) is 0 Å². The van der Waals surface area contributed by atoms with E-state index >= 15 is 0 Å². The molecule has 2 aromatic rings. The standard InChI is InChI=1S/C21H23N/c1-15-8-10-16(11-9-15)19-14-18-12-13-20(22(18)2)21(19)17-6-4-3-5-7-17/h3-11,18,20H,12-14H2,1-2H3/t18-,20+/m0/s1. The fraction of sp³-hybridized carbons (Fsp3) is 0.333. The number of fused-ring (bicyclic) bond motifs is 2. The van der Waals surface area contributed by atoms with Gasteiger partial charge in [-0.25, -0.2) is 0 Å². The largest absolute Gasteiger partial charge is 0.296 e. The Balaban J connectivity index is 1.89. The summed E-state index contributed by atoms with van der Waals surface area (Å²) in [6.07, 6.45) is 3.80. The van der Waals surface area contributed by atoms with Crippen molar-refractivity contribution in [3.05, 3.63) is 71.3 Å². The van der Waals surface area contributed by atoms with Crippen molar-refractivity contribution in [2.24, 2.45) is 0 Å². The molecule has 2 atom stereocenters. The van der Waals surface area contributed by atoms with E-state index in [4.69, 9.17) is 0 Å². The summed E-state index contributed by atoms with van der Waals surface area (Å²) in [6.45, 7) is 2.16. The van der Waals surface area contributed by atoms with Crippen LogP contribution in [0.15, 0.2) is 54.6 Å². The smallest absolute Gasteiger partial charge is 0.0357 e. The highest BCUT2D eigenvalue weighted by molar-refractivity contribution is 5.94. The molecule has 2 bridgehead atoms. The predicted molar refractivity (Wildman–Crippen MR) is 93.6 cm³/mol. The first kappa shape index (κ1) is 13.8. The molecule has 1 saturated heterocycles. The minimum atomic E-state index is 0.581. The van der Waals surface area contributed by atoms with E-state index in [1.807, 2.05) is 0 Å². The maximum atomic E-state index is 2.60. The summed E-state index contributed by atoms with van der Waals surface area (Å²) in [5.74, 6) is 0. The molecule has 0 amide bonds. The first-order chi connectivity index (χ1) is 10.7. The zero-order chi connectivity index (χ0) is 15.1. The van der Waals surface area contributed by atoms with Crippen LogP contribution in [-0.2, 0) is 0 Å². The van der Waals surface area contributed by atoms with Gasteiger partial charge in [0.05, 0.1) is 0 Å². The average Bonchev–Trinajstić information content (AvgIpc) is 2.79. The van der Waals surface area contributed by atoms with Gasteiger partial charge in [0.1, 0.15) is 0 Å². The fourth-order valence-electron chi connectivity index (χ4n) is 4.17. The highest BCUT2D eigenvalue weighted by atomic mass is 15.2. The number of aryl methyl sites for hydroxylation is 1. The maximum absolute atomic E-state index is 2.60. The predicted octanol–water partition coefficient (Wildman–Crippen LogP) is 4.77. The van der Waals surface area contributed by atoms with E-state index in [9.17, 15) is 0 Å². The molecule has 0 spiro atoms. The first-order valence-corrected chi connectivity index (χ1v) is 8.31. The molecule has 2 aliphatic heterocycles. The SMILES string of the molecule is Cc1ccc(C2=C(c3ccccc3)[C@H]3CC[C@@H](C2)N3C)cc1. The number of likely N-dealkylation sites (N-methyl/N-ethyl adjacent to an activating group) is 1. The van der Waals surface area contributed by atoms with Crippen molar-refractivity contribution >= 4 is 11.1 Å². The van der Waals surface area contributed by atoms with E-state index in [2.05, 4.69) is 73.5 Å². The summed E-state index contributed by atoms with van der Waals surface area (Å²) in [5, 5.41) is 0. The van der Waals surface area contributed by atoms with Crippen molar-refractivity contribution < 1.29 is 0 Å². The summed E-state index contributed by atoms with van der Waals surface area (Å²) in [4.78, 5) is 2.60. The van der Waals surface area contributed by atoms with E-state index in [0.717, 1.165) is 0 Å². The number of nitrogens with zero attached hydrogens (tertiary/aromatic N) is 1. The Hall–Kier alpha value is -1.86. The van der Waals surface area contributed by atoms with Gasteiger partial charge in [-0.2, -0.15) is 0 Å². The normalized spacial score (nSPS) is 24.8. The minimum absolute atomic E-state index is 0.581. The van der Waals surface area contributed by atoms with Gasteiger partial charge in [-0.15, -0.1) is 0 Å². The van der Waals surface area contributed by atoms with Gasteiger partial charge in [0, 0.05) is 12.1 Å². The molecule has 2 heterocycles. The number of benzene rings is 2. The number of rotatable bonds is 2. The Morgan fingerprint density at radius 3 is 2.32 bits per heavy atom. The van der Waals surface area contributed by atoms with E-state index in [-0.39, 0.29) is 0 Å². The summed E-state index contributed by atoms with van der Waals surface area (Å²) in [5.41, 5.74) is 7.27. The van der Waals surface area contributed by atoms with Gasteiger partial charge in [0.2, 0.25) is 0 Å². The Morgan fingerprint density at radius 1 is 0.864 bits per heavy atom. The Labute approximate surface area is 133 Å². The molecule has 0 saturated carbocycles. The van der Waals surface area contributed by atoms with Crippen molar-refractivity contribution in [3.8, 4) is 0 Å². The van der Waals surface area contributed by atoms with Crippen molar-refractivity contribution in [2.45, 2.75) is 38.3 Å². The van der Waals surface area contributed by atoms with Gasteiger partial charge < -0.3 is 0 Å². The van der Waals surface area contributed by atoms with Crippen molar-refractivity contribution in [1.29, 1.82) is 0 Å². The van der Waals surface area contributed by atoms with Crippen LogP contribution in [0.4, 0.5) is 0 Å². The molecular formula is C21H23N. The van der Waals surface area contributed by atoms with Gasteiger partial charge in [-0.3, -0.25) is 4.90 Å². The topological polar surface area (TPSA) is 3.24 Å². The molecule has 0 N–H and O–H groups in total. The Bertz CT molecular complexity index is 696. The summed E-state index contributed by atoms with van der Waals surface area (Å²) in [6, 6.07) is 21.4. The van der Waals surface area contributed by atoms with Gasteiger partial charge in [-0.05, 0) is 55.5 Å².